The molecule has 1 heterocycles. The van der Waals surface area contributed by atoms with Crippen molar-refractivity contribution in [3.05, 3.63) is 0 Å². The summed E-state index contributed by atoms with van der Waals surface area (Å²) in [6.07, 6.45) is 0.430. The molecule has 16 heavy (non-hydrogen) atoms. The topological polar surface area (TPSA) is 92.7 Å². The number of esters is 1. The van der Waals surface area contributed by atoms with E-state index in [0.717, 1.165) is 0 Å². The predicted molar refractivity (Wildman–Crippen MR) is 53.6 cm³/mol. The third-order valence-electron chi connectivity index (χ3n) is 2.36. The lowest BCUT2D eigenvalue weighted by atomic mass is 10.2. The normalized spacial score (nSPS) is 21.3. The lowest BCUT2D eigenvalue weighted by molar-refractivity contribution is -0.165. The number of carbonyl (C=O) groups excluding carboxylic acids is 2. The Kier molecular flexibility index (Phi) is 4.28. The molecule has 0 spiro atoms. The van der Waals surface area contributed by atoms with Crippen LogP contribution in [0.5, 0.6) is 0 Å². The summed E-state index contributed by atoms with van der Waals surface area (Å²) < 4.78 is 4.83. The van der Waals surface area contributed by atoms with Crippen molar-refractivity contribution in [3.63, 3.8) is 0 Å². The predicted octanol–water partition coefficient (Wildman–Crippen LogP) is 0.0615. The van der Waals surface area contributed by atoms with Crippen LogP contribution in [0.2, 0.25) is 0 Å². The van der Waals surface area contributed by atoms with E-state index in [4.69, 9.17) is 9.84 Å². The first-order chi connectivity index (χ1) is 7.54. The molecule has 1 aliphatic rings. The van der Waals surface area contributed by atoms with Crippen LogP contribution in [0, 0.1) is 0 Å². The van der Waals surface area contributed by atoms with Gasteiger partial charge in [0.05, 0.1) is 0 Å². The summed E-state index contributed by atoms with van der Waals surface area (Å²) in [5, 5.41) is 11.2. The lowest BCUT2D eigenvalue weighted by Gasteiger charge is -2.15. The highest BCUT2D eigenvalue weighted by Gasteiger charge is 2.31. The molecule has 1 unspecified atom stereocenters. The highest BCUT2D eigenvalue weighted by molar-refractivity contribution is 5.89. The van der Waals surface area contributed by atoms with Crippen molar-refractivity contribution >= 4 is 17.8 Å². The summed E-state index contributed by atoms with van der Waals surface area (Å²) in [5.41, 5.74) is 0. The molecular formula is C10H15NO5. The standard InChI is InChI=1S/C10H15NO5/c1-2-3-7(9(13)14)16-10(15)6-4-5-8(12)11-6/h6-7H,2-5H2,1H3,(H,11,12)(H,13,14)/t6-,7?/m0/s1. The van der Waals surface area contributed by atoms with Gasteiger partial charge in [0.1, 0.15) is 6.04 Å². The zero-order valence-corrected chi connectivity index (χ0v) is 9.06. The van der Waals surface area contributed by atoms with Crippen molar-refractivity contribution in [1.29, 1.82) is 0 Å². The Hall–Kier alpha value is -1.59. The summed E-state index contributed by atoms with van der Waals surface area (Å²) in [7, 11) is 0. The molecule has 0 aromatic heterocycles. The van der Waals surface area contributed by atoms with Crippen LogP contribution in [0.25, 0.3) is 0 Å². The minimum Gasteiger partial charge on any atom is -0.479 e. The van der Waals surface area contributed by atoms with Gasteiger partial charge in [0, 0.05) is 6.42 Å². The largest absolute Gasteiger partial charge is 0.479 e. The van der Waals surface area contributed by atoms with Gasteiger partial charge < -0.3 is 15.2 Å². The Balaban J connectivity index is 2.48. The van der Waals surface area contributed by atoms with E-state index in [9.17, 15) is 14.4 Å². The summed E-state index contributed by atoms with van der Waals surface area (Å²) >= 11 is 0. The number of aliphatic carboxylic acids is 1. The maximum Gasteiger partial charge on any atom is 0.345 e. The van der Waals surface area contributed by atoms with E-state index < -0.39 is 24.1 Å². The van der Waals surface area contributed by atoms with Gasteiger partial charge >= 0.3 is 11.9 Å². The maximum atomic E-state index is 11.5. The fourth-order valence-corrected chi connectivity index (χ4v) is 1.51. The third-order valence-corrected chi connectivity index (χ3v) is 2.36. The smallest absolute Gasteiger partial charge is 0.345 e. The molecule has 0 radical (unpaired) electrons. The van der Waals surface area contributed by atoms with Crippen LogP contribution in [0.4, 0.5) is 0 Å². The van der Waals surface area contributed by atoms with Gasteiger partial charge in [-0.15, -0.1) is 0 Å². The fourth-order valence-electron chi connectivity index (χ4n) is 1.51. The van der Waals surface area contributed by atoms with Gasteiger partial charge in [0.15, 0.2) is 6.10 Å². The number of carbonyl (C=O) groups is 3. The van der Waals surface area contributed by atoms with Crippen LogP contribution in [-0.2, 0) is 19.1 Å². The van der Waals surface area contributed by atoms with Crippen LogP contribution < -0.4 is 5.32 Å². The molecule has 6 heteroatoms. The molecule has 2 N–H and O–H groups in total. The van der Waals surface area contributed by atoms with Gasteiger partial charge in [-0.05, 0) is 12.8 Å². The first-order valence-electron chi connectivity index (χ1n) is 5.27. The fraction of sp³-hybridized carbons (Fsp3) is 0.700. The van der Waals surface area contributed by atoms with Gasteiger partial charge in [-0.25, -0.2) is 9.59 Å². The van der Waals surface area contributed by atoms with E-state index in [1.807, 2.05) is 0 Å². The van der Waals surface area contributed by atoms with Gasteiger partial charge in [0.25, 0.3) is 0 Å². The average Bonchev–Trinajstić information content (AvgIpc) is 2.64. The number of amides is 1. The second kappa shape index (κ2) is 5.48. The molecule has 90 valence electrons. The van der Waals surface area contributed by atoms with Crippen molar-refractivity contribution < 1.29 is 24.2 Å². The maximum absolute atomic E-state index is 11.5. The number of carboxylic acids is 1. The number of hydrogen-bond acceptors (Lipinski definition) is 4. The zero-order chi connectivity index (χ0) is 12.1. The van der Waals surface area contributed by atoms with Crippen molar-refractivity contribution in [3.8, 4) is 0 Å². The minimum absolute atomic E-state index is 0.204. The molecule has 0 saturated carbocycles. The Morgan fingerprint density at radius 2 is 2.31 bits per heavy atom. The van der Waals surface area contributed by atoms with Gasteiger partial charge in [-0.3, -0.25) is 4.79 Å². The number of ether oxygens (including phenoxy) is 1. The third kappa shape index (κ3) is 3.22. The van der Waals surface area contributed by atoms with Crippen molar-refractivity contribution in [2.75, 3.05) is 0 Å². The summed E-state index contributed by atoms with van der Waals surface area (Å²) in [5.74, 6) is -2.02. The molecular weight excluding hydrogens is 214 g/mol. The molecule has 0 bridgehead atoms. The number of nitrogens with one attached hydrogen (secondary N) is 1. The quantitative estimate of drug-likeness (QED) is 0.650. The molecule has 1 saturated heterocycles. The zero-order valence-electron chi connectivity index (χ0n) is 9.06. The van der Waals surface area contributed by atoms with E-state index in [1.54, 1.807) is 6.92 Å². The highest BCUT2D eigenvalue weighted by Crippen LogP contribution is 2.11. The minimum atomic E-state index is -1.15. The Morgan fingerprint density at radius 3 is 2.75 bits per heavy atom. The van der Waals surface area contributed by atoms with Crippen molar-refractivity contribution in [1.82, 2.24) is 5.32 Å². The number of rotatable bonds is 5. The Bertz CT molecular complexity index is 302. The van der Waals surface area contributed by atoms with Crippen LogP contribution in [-0.4, -0.2) is 35.1 Å². The second-order valence-electron chi connectivity index (χ2n) is 3.71. The van der Waals surface area contributed by atoms with Gasteiger partial charge in [-0.2, -0.15) is 0 Å². The average molecular weight is 229 g/mol. The molecule has 0 aliphatic carbocycles. The Labute approximate surface area is 93.0 Å². The number of carboxylic acid groups (broad SMARTS) is 1. The van der Waals surface area contributed by atoms with Gasteiger partial charge in [0.2, 0.25) is 5.91 Å². The molecule has 0 aromatic carbocycles. The molecule has 1 rings (SSSR count). The molecule has 0 aromatic rings. The molecule has 1 amide bonds. The van der Waals surface area contributed by atoms with Crippen molar-refractivity contribution in [2.45, 2.75) is 44.8 Å². The highest BCUT2D eigenvalue weighted by atomic mass is 16.6. The monoisotopic (exact) mass is 229 g/mol. The summed E-state index contributed by atoms with van der Waals surface area (Å²) in [6, 6.07) is -0.689. The molecule has 1 fully saturated rings. The van der Waals surface area contributed by atoms with Crippen LogP contribution >= 0.6 is 0 Å². The van der Waals surface area contributed by atoms with E-state index in [0.29, 0.717) is 12.8 Å². The van der Waals surface area contributed by atoms with E-state index in [1.165, 1.54) is 0 Å². The van der Waals surface area contributed by atoms with Gasteiger partial charge in [-0.1, -0.05) is 13.3 Å². The lowest BCUT2D eigenvalue weighted by Crippen LogP contribution is -2.38. The Morgan fingerprint density at radius 1 is 1.62 bits per heavy atom. The van der Waals surface area contributed by atoms with E-state index >= 15 is 0 Å². The molecule has 1 aliphatic heterocycles. The molecule has 6 nitrogen and oxygen atoms in total. The first-order valence-corrected chi connectivity index (χ1v) is 5.27. The van der Waals surface area contributed by atoms with E-state index in [-0.39, 0.29) is 18.7 Å². The van der Waals surface area contributed by atoms with Crippen LogP contribution in [0.1, 0.15) is 32.6 Å². The second-order valence-corrected chi connectivity index (χ2v) is 3.71. The number of hydrogen-bond donors (Lipinski definition) is 2. The van der Waals surface area contributed by atoms with Crippen LogP contribution in [0.3, 0.4) is 0 Å². The summed E-state index contributed by atoms with van der Waals surface area (Å²) in [6.45, 7) is 1.81. The molecule has 2 atom stereocenters. The van der Waals surface area contributed by atoms with Crippen LogP contribution in [0.15, 0.2) is 0 Å². The van der Waals surface area contributed by atoms with E-state index in [2.05, 4.69) is 5.32 Å². The van der Waals surface area contributed by atoms with Crippen molar-refractivity contribution in [2.24, 2.45) is 0 Å². The SMILES string of the molecule is CCCC(OC(=O)[C@@H]1CCC(=O)N1)C(=O)O. The first kappa shape index (κ1) is 12.5. The summed E-state index contributed by atoms with van der Waals surface area (Å²) in [4.78, 5) is 33.1.